The number of hydrogen-bond donors (Lipinski definition) is 1. The molecule has 3 aromatic rings. The van der Waals surface area contributed by atoms with Crippen molar-refractivity contribution in [1.82, 2.24) is 14.9 Å². The molecule has 0 saturated carbocycles. The zero-order valence-corrected chi connectivity index (χ0v) is 19.5. The Hall–Kier alpha value is -3.79. The van der Waals surface area contributed by atoms with Crippen LogP contribution in [0.4, 0.5) is 10.3 Å². The number of rotatable bonds is 6. The number of anilines is 1. The summed E-state index contributed by atoms with van der Waals surface area (Å²) < 4.78 is 13.4. The molecule has 2 atom stereocenters. The first kappa shape index (κ1) is 23.4. The van der Waals surface area contributed by atoms with Crippen LogP contribution in [0.5, 0.6) is 0 Å². The second-order valence-corrected chi connectivity index (χ2v) is 9.11. The van der Waals surface area contributed by atoms with E-state index >= 15 is 0 Å². The molecule has 174 valence electrons. The third-order valence-corrected chi connectivity index (χ3v) is 6.05. The van der Waals surface area contributed by atoms with Crippen molar-refractivity contribution in [3.8, 4) is 17.3 Å². The number of nitrogens with zero attached hydrogens (tertiary/aromatic N) is 4. The Balaban J connectivity index is 1.60. The maximum atomic E-state index is 13.5. The van der Waals surface area contributed by atoms with Crippen molar-refractivity contribution in [1.29, 1.82) is 5.26 Å². The van der Waals surface area contributed by atoms with Gasteiger partial charge in [-0.25, -0.2) is 14.4 Å². The molecule has 1 aliphatic heterocycles. The van der Waals surface area contributed by atoms with E-state index in [2.05, 4.69) is 35.2 Å². The number of carbonyl (C=O) groups is 1. The van der Waals surface area contributed by atoms with E-state index in [1.54, 1.807) is 36.5 Å². The molecule has 2 heterocycles. The average molecular weight is 458 g/mol. The van der Waals surface area contributed by atoms with Crippen LogP contribution in [-0.4, -0.2) is 40.4 Å². The Labute approximate surface area is 199 Å². The van der Waals surface area contributed by atoms with E-state index in [0.717, 1.165) is 17.5 Å². The molecular weight excluding hydrogens is 429 g/mol. The monoisotopic (exact) mass is 457 g/mol. The van der Waals surface area contributed by atoms with Crippen LogP contribution in [0.2, 0.25) is 0 Å². The molecule has 1 aliphatic rings. The molecule has 4 rings (SSSR count). The highest BCUT2D eigenvalue weighted by Gasteiger charge is 2.28. The van der Waals surface area contributed by atoms with Gasteiger partial charge in [0.25, 0.3) is 5.91 Å². The topological polar surface area (TPSA) is 81.9 Å². The summed E-state index contributed by atoms with van der Waals surface area (Å²) in [6.45, 7) is 6.27. The molecular formula is C27H28FN5O. The van der Waals surface area contributed by atoms with E-state index in [1.807, 2.05) is 11.0 Å². The van der Waals surface area contributed by atoms with Gasteiger partial charge in [-0.2, -0.15) is 5.26 Å². The number of halogens is 1. The molecule has 34 heavy (non-hydrogen) atoms. The average Bonchev–Trinajstić information content (AvgIpc) is 2.83. The first-order valence-electron chi connectivity index (χ1n) is 11.6. The van der Waals surface area contributed by atoms with Gasteiger partial charge in [-0.05, 0) is 54.5 Å². The molecule has 2 aromatic carbocycles. The zero-order valence-electron chi connectivity index (χ0n) is 19.5. The molecule has 0 spiro atoms. The van der Waals surface area contributed by atoms with Gasteiger partial charge in [0.15, 0.2) is 0 Å². The van der Waals surface area contributed by atoms with Crippen molar-refractivity contribution in [2.45, 2.75) is 26.7 Å². The Kier molecular flexibility index (Phi) is 7.17. The Bertz CT molecular complexity index is 1190. The molecule has 1 aromatic heterocycles. The number of nitriles is 1. The lowest BCUT2D eigenvalue weighted by Gasteiger charge is -2.35. The predicted octanol–water partition coefficient (Wildman–Crippen LogP) is 4.93. The van der Waals surface area contributed by atoms with Gasteiger partial charge in [-0.3, -0.25) is 4.79 Å². The van der Waals surface area contributed by atoms with Crippen LogP contribution in [0.25, 0.3) is 11.3 Å². The van der Waals surface area contributed by atoms with Crippen molar-refractivity contribution in [3.05, 3.63) is 77.2 Å². The summed E-state index contributed by atoms with van der Waals surface area (Å²) in [6, 6.07) is 15.6. The van der Waals surface area contributed by atoms with Crippen molar-refractivity contribution in [2.24, 2.45) is 11.8 Å². The van der Waals surface area contributed by atoms with E-state index in [-0.39, 0.29) is 11.7 Å². The summed E-state index contributed by atoms with van der Waals surface area (Å²) in [5.74, 6) is 0.935. The molecule has 0 aliphatic carbocycles. The third-order valence-electron chi connectivity index (χ3n) is 6.05. The summed E-state index contributed by atoms with van der Waals surface area (Å²) in [5, 5.41) is 12.3. The Morgan fingerprint density at radius 2 is 1.91 bits per heavy atom. The molecule has 1 amide bonds. The normalized spacial score (nSPS) is 17.8. The number of piperidine rings is 1. The first-order valence-corrected chi connectivity index (χ1v) is 11.6. The fourth-order valence-corrected chi connectivity index (χ4v) is 4.56. The van der Waals surface area contributed by atoms with Gasteiger partial charge in [0.05, 0.1) is 22.9 Å². The van der Waals surface area contributed by atoms with E-state index in [0.29, 0.717) is 60.7 Å². The van der Waals surface area contributed by atoms with E-state index < -0.39 is 0 Å². The highest BCUT2D eigenvalue weighted by molar-refractivity contribution is 6.00. The minimum absolute atomic E-state index is 0.0796. The largest absolute Gasteiger partial charge is 0.354 e. The summed E-state index contributed by atoms with van der Waals surface area (Å²) in [5.41, 5.74) is 3.14. The maximum Gasteiger partial charge on any atom is 0.257 e. The molecule has 6 nitrogen and oxygen atoms in total. The van der Waals surface area contributed by atoms with Gasteiger partial charge in [0.1, 0.15) is 5.82 Å². The minimum atomic E-state index is -0.263. The first-order chi connectivity index (χ1) is 16.4. The fraction of sp³-hybridized carbons (Fsp3) is 0.333. The lowest BCUT2D eigenvalue weighted by Crippen LogP contribution is -2.42. The maximum absolute atomic E-state index is 13.5. The van der Waals surface area contributed by atoms with Crippen LogP contribution in [0.3, 0.4) is 0 Å². The summed E-state index contributed by atoms with van der Waals surface area (Å²) >= 11 is 0. The predicted molar refractivity (Wildman–Crippen MR) is 130 cm³/mol. The van der Waals surface area contributed by atoms with Crippen molar-refractivity contribution < 1.29 is 9.18 Å². The Morgan fingerprint density at radius 3 is 2.59 bits per heavy atom. The molecule has 7 heteroatoms. The number of aromatic nitrogens is 2. The van der Waals surface area contributed by atoms with E-state index in [9.17, 15) is 9.18 Å². The number of likely N-dealkylation sites (tertiary alicyclic amines) is 1. The van der Waals surface area contributed by atoms with E-state index in [1.165, 1.54) is 12.1 Å². The molecule has 1 fully saturated rings. The lowest BCUT2D eigenvalue weighted by molar-refractivity contribution is 0.0623. The van der Waals surface area contributed by atoms with Gasteiger partial charge >= 0.3 is 0 Å². The number of hydrogen-bond acceptors (Lipinski definition) is 5. The second kappa shape index (κ2) is 10.4. The van der Waals surface area contributed by atoms with Crippen molar-refractivity contribution in [2.75, 3.05) is 25.0 Å². The summed E-state index contributed by atoms with van der Waals surface area (Å²) in [4.78, 5) is 24.5. The smallest absolute Gasteiger partial charge is 0.257 e. The molecule has 0 bridgehead atoms. The standard InChI is InChI=1S/C27H28FN5O/c1-18-12-19(2)17-33(16-18)26(34)24-15-31-27(30-11-10-20-4-3-5-23(28)13-20)32-25(24)22-8-6-21(14-29)7-9-22/h3-9,13,15,18-19H,10-12,16-17H2,1-2H3,(H,30,31,32). The van der Waals surface area contributed by atoms with Crippen LogP contribution in [-0.2, 0) is 6.42 Å². The van der Waals surface area contributed by atoms with Crippen LogP contribution >= 0.6 is 0 Å². The Morgan fingerprint density at radius 1 is 1.18 bits per heavy atom. The highest BCUT2D eigenvalue weighted by atomic mass is 19.1. The molecule has 1 saturated heterocycles. The molecule has 1 N–H and O–H groups in total. The van der Waals surface area contributed by atoms with Gasteiger partial charge in [-0.1, -0.05) is 38.1 Å². The molecule has 0 radical (unpaired) electrons. The minimum Gasteiger partial charge on any atom is -0.354 e. The van der Waals surface area contributed by atoms with Crippen molar-refractivity contribution >= 4 is 11.9 Å². The van der Waals surface area contributed by atoms with Gasteiger partial charge in [-0.15, -0.1) is 0 Å². The number of benzene rings is 2. The van der Waals surface area contributed by atoms with Crippen LogP contribution in [0.15, 0.2) is 54.7 Å². The zero-order chi connectivity index (χ0) is 24.1. The fourth-order valence-electron chi connectivity index (χ4n) is 4.56. The van der Waals surface area contributed by atoms with Gasteiger partial charge in [0, 0.05) is 31.4 Å². The van der Waals surface area contributed by atoms with Gasteiger partial charge in [0.2, 0.25) is 5.95 Å². The number of carbonyl (C=O) groups excluding carboxylic acids is 1. The third kappa shape index (κ3) is 5.57. The number of nitrogens with one attached hydrogen (secondary N) is 1. The quantitative estimate of drug-likeness (QED) is 0.568. The van der Waals surface area contributed by atoms with Crippen LogP contribution < -0.4 is 5.32 Å². The molecule has 2 unspecified atom stereocenters. The lowest BCUT2D eigenvalue weighted by atomic mass is 9.91. The van der Waals surface area contributed by atoms with Crippen LogP contribution in [0.1, 0.15) is 41.8 Å². The van der Waals surface area contributed by atoms with Crippen LogP contribution in [0, 0.1) is 29.0 Å². The van der Waals surface area contributed by atoms with E-state index in [4.69, 9.17) is 5.26 Å². The van der Waals surface area contributed by atoms with Gasteiger partial charge < -0.3 is 10.2 Å². The highest BCUT2D eigenvalue weighted by Crippen LogP contribution is 2.27. The SMILES string of the molecule is CC1CC(C)CN(C(=O)c2cnc(NCCc3cccc(F)c3)nc2-c2ccc(C#N)cc2)C1. The number of amides is 1. The van der Waals surface area contributed by atoms with Crippen molar-refractivity contribution in [3.63, 3.8) is 0 Å². The summed E-state index contributed by atoms with van der Waals surface area (Å²) in [6.07, 6.45) is 3.30. The second-order valence-electron chi connectivity index (χ2n) is 9.11. The summed E-state index contributed by atoms with van der Waals surface area (Å²) in [7, 11) is 0.